The van der Waals surface area contributed by atoms with Crippen molar-refractivity contribution in [1.29, 1.82) is 0 Å². The molecular formula is C12H27NO. The minimum atomic E-state index is 0.00333. The normalized spacial score (nSPS) is 13.3. The second-order valence-electron chi connectivity index (χ2n) is 5.41. The summed E-state index contributed by atoms with van der Waals surface area (Å²) in [7, 11) is 1.77. The van der Waals surface area contributed by atoms with Crippen LogP contribution in [0, 0.1) is 5.41 Å². The highest BCUT2D eigenvalue weighted by Crippen LogP contribution is 2.18. The molecule has 0 rings (SSSR count). The summed E-state index contributed by atoms with van der Waals surface area (Å²) in [5.74, 6) is 0. The maximum absolute atomic E-state index is 5.36. The molecule has 0 saturated heterocycles. The molecule has 0 atom stereocenters. The molecule has 14 heavy (non-hydrogen) atoms. The van der Waals surface area contributed by atoms with Crippen LogP contribution in [0.2, 0.25) is 0 Å². The molecule has 0 aromatic carbocycles. The smallest absolute Gasteiger partial charge is 0.0634 e. The molecule has 0 fully saturated rings. The van der Waals surface area contributed by atoms with Crippen molar-refractivity contribution in [3.63, 3.8) is 0 Å². The Balaban J connectivity index is 3.57. The van der Waals surface area contributed by atoms with Gasteiger partial charge in [0.15, 0.2) is 0 Å². The first kappa shape index (κ1) is 13.9. The Morgan fingerprint density at radius 3 is 2.14 bits per heavy atom. The highest BCUT2D eigenvalue weighted by Gasteiger charge is 2.17. The zero-order valence-corrected chi connectivity index (χ0v) is 10.7. The molecule has 1 N–H and O–H groups in total. The van der Waals surface area contributed by atoms with Crippen molar-refractivity contribution in [1.82, 2.24) is 5.32 Å². The number of hydrogen-bond donors (Lipinski definition) is 1. The quantitative estimate of drug-likeness (QED) is 0.640. The summed E-state index contributed by atoms with van der Waals surface area (Å²) < 4.78 is 5.36. The molecule has 0 saturated carbocycles. The highest BCUT2D eigenvalue weighted by molar-refractivity contribution is 4.72. The van der Waals surface area contributed by atoms with E-state index in [1.165, 1.54) is 6.42 Å². The Morgan fingerprint density at radius 1 is 1.14 bits per heavy atom. The van der Waals surface area contributed by atoms with Crippen LogP contribution in [0.15, 0.2) is 0 Å². The first-order chi connectivity index (χ1) is 6.33. The average molecular weight is 201 g/mol. The lowest BCUT2D eigenvalue weighted by Crippen LogP contribution is -2.34. The SMILES string of the molecule is CCC(C)(C)CNCCC(C)(C)OC. The van der Waals surface area contributed by atoms with E-state index in [0.717, 1.165) is 19.5 Å². The Morgan fingerprint density at radius 2 is 1.71 bits per heavy atom. The lowest BCUT2D eigenvalue weighted by Gasteiger charge is -2.26. The van der Waals surface area contributed by atoms with E-state index >= 15 is 0 Å². The molecule has 0 aliphatic carbocycles. The van der Waals surface area contributed by atoms with Gasteiger partial charge in [-0.05, 0) is 38.6 Å². The summed E-state index contributed by atoms with van der Waals surface area (Å²) in [5.41, 5.74) is 0.417. The standard InChI is InChI=1S/C12H27NO/c1-7-11(2,3)10-13-9-8-12(4,5)14-6/h13H,7-10H2,1-6H3. The topological polar surface area (TPSA) is 21.3 Å². The van der Waals surface area contributed by atoms with Crippen molar-refractivity contribution in [2.75, 3.05) is 20.2 Å². The largest absolute Gasteiger partial charge is 0.379 e. The van der Waals surface area contributed by atoms with Gasteiger partial charge in [0.2, 0.25) is 0 Å². The van der Waals surface area contributed by atoms with E-state index in [2.05, 4.69) is 39.9 Å². The van der Waals surface area contributed by atoms with Crippen molar-refractivity contribution < 1.29 is 4.74 Å². The summed E-state index contributed by atoms with van der Waals surface area (Å²) >= 11 is 0. The van der Waals surface area contributed by atoms with Gasteiger partial charge in [0, 0.05) is 13.7 Å². The second-order valence-corrected chi connectivity index (χ2v) is 5.41. The Hall–Kier alpha value is -0.0800. The molecule has 86 valence electrons. The van der Waals surface area contributed by atoms with Gasteiger partial charge in [0.25, 0.3) is 0 Å². The molecule has 0 radical (unpaired) electrons. The van der Waals surface area contributed by atoms with Crippen LogP contribution in [-0.2, 0) is 4.74 Å². The highest BCUT2D eigenvalue weighted by atomic mass is 16.5. The van der Waals surface area contributed by atoms with Crippen LogP contribution < -0.4 is 5.32 Å². The van der Waals surface area contributed by atoms with Gasteiger partial charge in [-0.15, -0.1) is 0 Å². The molecule has 2 heteroatoms. The van der Waals surface area contributed by atoms with Crippen molar-refractivity contribution in [2.24, 2.45) is 5.41 Å². The van der Waals surface area contributed by atoms with E-state index in [1.807, 2.05) is 0 Å². The molecule has 0 bridgehead atoms. The van der Waals surface area contributed by atoms with Gasteiger partial charge in [-0.3, -0.25) is 0 Å². The van der Waals surface area contributed by atoms with Gasteiger partial charge in [0.05, 0.1) is 5.60 Å². The van der Waals surface area contributed by atoms with Crippen LogP contribution in [0.4, 0.5) is 0 Å². The van der Waals surface area contributed by atoms with Gasteiger partial charge in [-0.1, -0.05) is 20.8 Å². The fraction of sp³-hybridized carbons (Fsp3) is 1.00. The van der Waals surface area contributed by atoms with E-state index in [0.29, 0.717) is 5.41 Å². The number of ether oxygens (including phenoxy) is 1. The van der Waals surface area contributed by atoms with E-state index in [-0.39, 0.29) is 5.60 Å². The molecule has 2 nitrogen and oxygen atoms in total. The first-order valence-electron chi connectivity index (χ1n) is 5.59. The number of methoxy groups -OCH3 is 1. The van der Waals surface area contributed by atoms with Gasteiger partial charge in [0.1, 0.15) is 0 Å². The maximum Gasteiger partial charge on any atom is 0.0634 e. The summed E-state index contributed by atoms with van der Waals surface area (Å²) in [5, 5.41) is 3.49. The summed E-state index contributed by atoms with van der Waals surface area (Å²) in [4.78, 5) is 0. The third-order valence-corrected chi connectivity index (χ3v) is 3.02. The molecular weight excluding hydrogens is 174 g/mol. The zero-order valence-electron chi connectivity index (χ0n) is 10.7. The second kappa shape index (κ2) is 5.72. The van der Waals surface area contributed by atoms with Crippen LogP contribution in [0.5, 0.6) is 0 Å². The van der Waals surface area contributed by atoms with Gasteiger partial charge in [-0.25, -0.2) is 0 Å². The van der Waals surface area contributed by atoms with Crippen molar-refractivity contribution in [3.8, 4) is 0 Å². The van der Waals surface area contributed by atoms with Gasteiger partial charge in [-0.2, -0.15) is 0 Å². The van der Waals surface area contributed by atoms with E-state index in [4.69, 9.17) is 4.74 Å². The Labute approximate surface area is 89.4 Å². The monoisotopic (exact) mass is 201 g/mol. The maximum atomic E-state index is 5.36. The summed E-state index contributed by atoms with van der Waals surface area (Å²) in [6.07, 6.45) is 2.27. The lowest BCUT2D eigenvalue weighted by atomic mass is 9.90. The molecule has 0 aliphatic rings. The first-order valence-corrected chi connectivity index (χ1v) is 5.59. The zero-order chi connectivity index (χ0) is 11.2. The molecule has 0 amide bonds. The average Bonchev–Trinajstić information content (AvgIpc) is 2.13. The van der Waals surface area contributed by atoms with Crippen LogP contribution in [-0.4, -0.2) is 25.8 Å². The van der Waals surface area contributed by atoms with Gasteiger partial charge >= 0.3 is 0 Å². The molecule has 0 heterocycles. The van der Waals surface area contributed by atoms with Crippen LogP contribution in [0.1, 0.15) is 47.5 Å². The fourth-order valence-electron chi connectivity index (χ4n) is 1.04. The fourth-order valence-corrected chi connectivity index (χ4v) is 1.04. The predicted molar refractivity (Wildman–Crippen MR) is 62.6 cm³/mol. The molecule has 0 aromatic rings. The third-order valence-electron chi connectivity index (χ3n) is 3.02. The van der Waals surface area contributed by atoms with Crippen molar-refractivity contribution >= 4 is 0 Å². The predicted octanol–water partition coefficient (Wildman–Crippen LogP) is 2.83. The van der Waals surface area contributed by atoms with Crippen LogP contribution >= 0.6 is 0 Å². The van der Waals surface area contributed by atoms with E-state index in [9.17, 15) is 0 Å². The third kappa shape index (κ3) is 6.39. The van der Waals surface area contributed by atoms with Crippen LogP contribution in [0.25, 0.3) is 0 Å². The minimum Gasteiger partial charge on any atom is -0.379 e. The molecule has 0 spiro atoms. The van der Waals surface area contributed by atoms with E-state index in [1.54, 1.807) is 7.11 Å². The van der Waals surface area contributed by atoms with Gasteiger partial charge < -0.3 is 10.1 Å². The lowest BCUT2D eigenvalue weighted by molar-refractivity contribution is 0.0154. The van der Waals surface area contributed by atoms with Crippen LogP contribution in [0.3, 0.4) is 0 Å². The summed E-state index contributed by atoms with van der Waals surface area (Å²) in [6, 6.07) is 0. The number of rotatable bonds is 7. The molecule has 0 aliphatic heterocycles. The number of nitrogens with one attached hydrogen (secondary N) is 1. The van der Waals surface area contributed by atoms with E-state index < -0.39 is 0 Å². The molecule has 0 unspecified atom stereocenters. The Bertz CT molecular complexity index is 134. The minimum absolute atomic E-state index is 0.00333. The van der Waals surface area contributed by atoms with Crippen molar-refractivity contribution in [2.45, 2.75) is 53.1 Å². The molecule has 0 aromatic heterocycles. The van der Waals surface area contributed by atoms with Crippen molar-refractivity contribution in [3.05, 3.63) is 0 Å². The summed E-state index contributed by atoms with van der Waals surface area (Å²) in [6.45, 7) is 13.2. The Kier molecular flexibility index (Phi) is 5.68. The number of hydrogen-bond acceptors (Lipinski definition) is 2.